The number of hydrogen-bond acceptors (Lipinski definition) is 4. The van der Waals surface area contributed by atoms with Crippen molar-refractivity contribution in [3.63, 3.8) is 0 Å². The monoisotopic (exact) mass is 335 g/mol. The summed E-state index contributed by atoms with van der Waals surface area (Å²) in [4.78, 5) is 16.0. The highest BCUT2D eigenvalue weighted by Crippen LogP contribution is 2.28. The molecule has 0 bridgehead atoms. The lowest BCUT2D eigenvalue weighted by Gasteiger charge is -2.47. The van der Waals surface area contributed by atoms with E-state index in [9.17, 15) is 23.1 Å². The summed E-state index contributed by atoms with van der Waals surface area (Å²) in [6.07, 6.45) is -4.53. The molecule has 1 saturated heterocycles. The van der Waals surface area contributed by atoms with Gasteiger partial charge < -0.3 is 20.1 Å². The maximum atomic E-state index is 12.5. The van der Waals surface area contributed by atoms with Crippen LogP contribution in [0, 0.1) is 0 Å². The highest BCUT2D eigenvalue weighted by Gasteiger charge is 2.41. The van der Waals surface area contributed by atoms with Crippen LogP contribution in [0.3, 0.4) is 0 Å². The molecular formula is C14H20F3N3O3. The molecule has 130 valence electrons. The minimum atomic E-state index is -4.53. The Hall–Kier alpha value is -1.58. The van der Waals surface area contributed by atoms with Crippen LogP contribution in [0.4, 0.5) is 13.2 Å². The van der Waals surface area contributed by atoms with E-state index in [1.165, 1.54) is 0 Å². The van der Waals surface area contributed by atoms with Crippen LogP contribution < -0.4 is 5.32 Å². The molecule has 1 aromatic heterocycles. The lowest BCUT2D eigenvalue weighted by atomic mass is 9.96. The van der Waals surface area contributed by atoms with Gasteiger partial charge in [0.15, 0.2) is 0 Å². The van der Waals surface area contributed by atoms with Gasteiger partial charge >= 0.3 is 6.18 Å². The summed E-state index contributed by atoms with van der Waals surface area (Å²) < 4.78 is 43.0. The van der Waals surface area contributed by atoms with E-state index in [0.29, 0.717) is 6.61 Å². The van der Waals surface area contributed by atoms with Gasteiger partial charge in [0.25, 0.3) is 5.91 Å². The third-order valence-corrected chi connectivity index (χ3v) is 4.25. The van der Waals surface area contributed by atoms with E-state index in [-0.39, 0.29) is 31.5 Å². The Balaban J connectivity index is 2.04. The van der Waals surface area contributed by atoms with Crippen molar-refractivity contribution in [2.75, 3.05) is 33.4 Å². The van der Waals surface area contributed by atoms with Crippen LogP contribution in [0.1, 0.15) is 23.1 Å². The fourth-order valence-electron chi connectivity index (χ4n) is 2.52. The molecule has 23 heavy (non-hydrogen) atoms. The molecule has 0 aromatic carbocycles. The van der Waals surface area contributed by atoms with E-state index in [4.69, 9.17) is 4.74 Å². The van der Waals surface area contributed by atoms with Gasteiger partial charge in [0.1, 0.15) is 11.4 Å². The first-order chi connectivity index (χ1) is 10.7. The fraction of sp³-hybridized carbons (Fsp3) is 0.643. The third-order valence-electron chi connectivity index (χ3n) is 4.25. The number of likely N-dealkylation sites (N-methyl/N-ethyl adjacent to an activating group) is 1. The molecule has 0 radical (unpaired) electrons. The van der Waals surface area contributed by atoms with Crippen molar-refractivity contribution in [1.29, 1.82) is 0 Å². The molecule has 1 fully saturated rings. The molecule has 0 saturated carbocycles. The maximum absolute atomic E-state index is 12.5. The zero-order valence-corrected chi connectivity index (χ0v) is 12.9. The molecule has 1 aliphatic rings. The number of H-pyrrole nitrogens is 1. The van der Waals surface area contributed by atoms with E-state index in [1.54, 1.807) is 0 Å². The third kappa shape index (κ3) is 3.67. The first-order valence-corrected chi connectivity index (χ1v) is 7.15. The second-order valence-electron chi connectivity index (χ2n) is 5.82. The number of rotatable bonds is 4. The topological polar surface area (TPSA) is 77.6 Å². The molecule has 9 heteroatoms. The number of nitrogens with zero attached hydrogens (tertiary/aromatic N) is 1. The Bertz CT molecular complexity index is 561. The van der Waals surface area contributed by atoms with Crippen molar-refractivity contribution >= 4 is 5.91 Å². The van der Waals surface area contributed by atoms with Crippen LogP contribution >= 0.6 is 0 Å². The van der Waals surface area contributed by atoms with E-state index in [0.717, 1.165) is 12.1 Å². The van der Waals surface area contributed by atoms with Crippen LogP contribution in [-0.2, 0) is 10.9 Å². The highest BCUT2D eigenvalue weighted by atomic mass is 19.4. The van der Waals surface area contributed by atoms with Gasteiger partial charge in [-0.1, -0.05) is 0 Å². The molecule has 6 nitrogen and oxygen atoms in total. The second kappa shape index (κ2) is 6.50. The number of aromatic nitrogens is 1. The highest BCUT2D eigenvalue weighted by molar-refractivity contribution is 5.92. The molecule has 1 amide bonds. The van der Waals surface area contributed by atoms with E-state index in [1.807, 2.05) is 23.9 Å². The fourth-order valence-corrected chi connectivity index (χ4v) is 2.52. The van der Waals surface area contributed by atoms with E-state index < -0.39 is 23.3 Å². The Labute approximate surface area is 131 Å². The van der Waals surface area contributed by atoms with Crippen molar-refractivity contribution in [1.82, 2.24) is 15.2 Å². The zero-order chi connectivity index (χ0) is 17.3. The summed E-state index contributed by atoms with van der Waals surface area (Å²) in [7, 11) is 1.81. The average molecular weight is 335 g/mol. The molecule has 1 aromatic rings. The Morgan fingerprint density at radius 1 is 1.57 bits per heavy atom. The van der Waals surface area contributed by atoms with Gasteiger partial charge in [0.2, 0.25) is 0 Å². The molecule has 2 atom stereocenters. The first-order valence-electron chi connectivity index (χ1n) is 7.15. The number of morpholine rings is 1. The van der Waals surface area contributed by atoms with Crippen molar-refractivity contribution in [3.8, 4) is 0 Å². The Morgan fingerprint density at radius 3 is 2.83 bits per heavy atom. The SMILES string of the molecule is C[C@@H]1COC[C@@](CO)(CNC(=O)c2ccc(C(F)(F)F)[nH]2)N1C. The molecular weight excluding hydrogens is 315 g/mol. The largest absolute Gasteiger partial charge is 0.431 e. The minimum absolute atomic E-state index is 0.0510. The molecule has 2 heterocycles. The number of hydrogen-bond donors (Lipinski definition) is 3. The normalized spacial score (nSPS) is 26.3. The van der Waals surface area contributed by atoms with Crippen LogP contribution in [0.2, 0.25) is 0 Å². The number of carbonyl (C=O) groups excluding carboxylic acids is 1. The minimum Gasteiger partial charge on any atom is -0.394 e. The van der Waals surface area contributed by atoms with E-state index in [2.05, 4.69) is 5.32 Å². The van der Waals surface area contributed by atoms with Crippen LogP contribution in [-0.4, -0.2) is 65.9 Å². The molecule has 1 aliphatic heterocycles. The summed E-state index contributed by atoms with van der Waals surface area (Å²) in [5.74, 6) is -0.667. The number of alkyl halides is 3. The molecule has 0 unspecified atom stereocenters. The van der Waals surface area contributed by atoms with Crippen LogP contribution in [0.25, 0.3) is 0 Å². The summed E-state index contributed by atoms with van der Waals surface area (Å²) in [5.41, 5.74) is -1.96. The summed E-state index contributed by atoms with van der Waals surface area (Å²) in [6.45, 7) is 2.48. The summed E-state index contributed by atoms with van der Waals surface area (Å²) >= 11 is 0. The van der Waals surface area contributed by atoms with E-state index >= 15 is 0 Å². The predicted molar refractivity (Wildman–Crippen MR) is 76.0 cm³/mol. The number of halogens is 3. The Morgan fingerprint density at radius 2 is 2.26 bits per heavy atom. The Kier molecular flexibility index (Phi) is 5.02. The van der Waals surface area contributed by atoms with Crippen LogP contribution in [0.5, 0.6) is 0 Å². The van der Waals surface area contributed by atoms with Gasteiger partial charge in [-0.3, -0.25) is 9.69 Å². The zero-order valence-electron chi connectivity index (χ0n) is 12.9. The molecule has 0 aliphatic carbocycles. The predicted octanol–water partition coefficient (Wildman–Crippen LogP) is 0.845. The van der Waals surface area contributed by atoms with Gasteiger partial charge in [-0.05, 0) is 26.1 Å². The first kappa shape index (κ1) is 17.8. The quantitative estimate of drug-likeness (QED) is 0.762. The molecule has 3 N–H and O–H groups in total. The van der Waals surface area contributed by atoms with Gasteiger partial charge in [-0.2, -0.15) is 13.2 Å². The molecule has 0 spiro atoms. The van der Waals surface area contributed by atoms with Crippen molar-refractivity contribution in [2.45, 2.75) is 24.7 Å². The van der Waals surface area contributed by atoms with Gasteiger partial charge in [0, 0.05) is 12.6 Å². The van der Waals surface area contributed by atoms with Gasteiger partial charge in [-0.25, -0.2) is 0 Å². The average Bonchev–Trinajstić information content (AvgIpc) is 2.99. The van der Waals surface area contributed by atoms with Crippen molar-refractivity contribution < 1.29 is 27.8 Å². The van der Waals surface area contributed by atoms with Crippen molar-refractivity contribution in [2.24, 2.45) is 0 Å². The lowest BCUT2D eigenvalue weighted by molar-refractivity contribution is -0.140. The second-order valence-corrected chi connectivity index (χ2v) is 5.82. The number of ether oxygens (including phenoxy) is 1. The number of nitrogens with one attached hydrogen (secondary N) is 2. The standard InChI is InChI=1S/C14H20F3N3O3/c1-9-5-23-8-13(7-21,20(9)2)6-18-12(22)10-3-4-11(19-10)14(15,16)17/h3-4,9,19,21H,5-8H2,1-2H3,(H,18,22)/t9-,13+/m1/s1. The van der Waals surface area contributed by atoms with Crippen LogP contribution in [0.15, 0.2) is 12.1 Å². The van der Waals surface area contributed by atoms with Gasteiger partial charge in [0.05, 0.1) is 25.4 Å². The summed E-state index contributed by atoms with van der Waals surface area (Å²) in [6, 6.07) is 1.94. The number of amides is 1. The van der Waals surface area contributed by atoms with Crippen molar-refractivity contribution in [3.05, 3.63) is 23.5 Å². The number of aliphatic hydroxyl groups is 1. The maximum Gasteiger partial charge on any atom is 0.431 e. The molecule has 2 rings (SSSR count). The summed E-state index contributed by atoms with van der Waals surface area (Å²) in [5, 5.41) is 12.3. The van der Waals surface area contributed by atoms with Gasteiger partial charge in [-0.15, -0.1) is 0 Å². The number of aliphatic hydroxyl groups excluding tert-OH is 1. The smallest absolute Gasteiger partial charge is 0.394 e. The lowest BCUT2D eigenvalue weighted by Crippen LogP contribution is -2.65. The number of aromatic amines is 1. The number of carbonyl (C=O) groups is 1.